The van der Waals surface area contributed by atoms with Crippen molar-refractivity contribution in [1.82, 2.24) is 0 Å². The first-order chi connectivity index (χ1) is 4.30. The van der Waals surface area contributed by atoms with Gasteiger partial charge in [0.2, 0.25) is 0 Å². The molecule has 0 aromatic heterocycles. The second-order valence-corrected chi connectivity index (χ2v) is 2.02. The van der Waals surface area contributed by atoms with Crippen LogP contribution in [0.15, 0.2) is 30.3 Å². The van der Waals surface area contributed by atoms with Crippen molar-refractivity contribution < 1.29 is 0 Å². The molecule has 1 radical (unpaired) electrons. The van der Waals surface area contributed by atoms with Gasteiger partial charge >= 0.3 is 0 Å². The number of hydrogen-bond donors (Lipinski definition) is 1. The molecule has 0 bridgehead atoms. The Kier molecular flexibility index (Phi) is 1.85. The minimum absolute atomic E-state index is 0.0915. The summed E-state index contributed by atoms with van der Waals surface area (Å²) < 4.78 is 0. The molecule has 1 nitrogen and oxygen atoms in total. The number of benzene rings is 1. The number of nitrogens with two attached hydrogens (primary N) is 1. The summed E-state index contributed by atoms with van der Waals surface area (Å²) in [5, 5.41) is 0. The fourth-order valence-corrected chi connectivity index (χ4v) is 0.700. The zero-order chi connectivity index (χ0) is 6.69. The van der Waals surface area contributed by atoms with Crippen LogP contribution in [-0.4, -0.2) is 0 Å². The number of rotatable bonds is 1. The van der Waals surface area contributed by atoms with Crippen LogP contribution >= 0.6 is 0 Å². The van der Waals surface area contributed by atoms with Crippen molar-refractivity contribution in [1.29, 1.82) is 0 Å². The van der Waals surface area contributed by atoms with Gasteiger partial charge in [0, 0.05) is 6.04 Å². The highest BCUT2D eigenvalue weighted by Crippen LogP contribution is 2.05. The van der Waals surface area contributed by atoms with E-state index < -0.39 is 0 Å². The van der Waals surface area contributed by atoms with E-state index in [1.54, 1.807) is 0 Å². The summed E-state index contributed by atoms with van der Waals surface area (Å²) >= 11 is 0. The van der Waals surface area contributed by atoms with Crippen molar-refractivity contribution in [2.75, 3.05) is 0 Å². The third-order valence-electron chi connectivity index (χ3n) is 1.23. The predicted molar refractivity (Wildman–Crippen MR) is 38.7 cm³/mol. The summed E-state index contributed by atoms with van der Waals surface area (Å²) in [6.45, 7) is 3.69. The molecule has 9 heavy (non-hydrogen) atoms. The van der Waals surface area contributed by atoms with Crippen molar-refractivity contribution >= 4 is 0 Å². The van der Waals surface area contributed by atoms with Crippen LogP contribution in [0.25, 0.3) is 0 Å². The van der Waals surface area contributed by atoms with Gasteiger partial charge in [-0.1, -0.05) is 30.3 Å². The fourth-order valence-electron chi connectivity index (χ4n) is 0.700. The van der Waals surface area contributed by atoms with Crippen molar-refractivity contribution in [2.45, 2.75) is 6.04 Å². The predicted octanol–water partition coefficient (Wildman–Crippen LogP) is 1.52. The van der Waals surface area contributed by atoms with Crippen LogP contribution in [-0.2, 0) is 0 Å². The molecule has 0 heterocycles. The molecular formula is C8H10N. The molecular weight excluding hydrogens is 110 g/mol. The number of hydrogen-bond acceptors (Lipinski definition) is 1. The topological polar surface area (TPSA) is 26.0 Å². The Morgan fingerprint density at radius 3 is 2.11 bits per heavy atom. The van der Waals surface area contributed by atoms with E-state index in [0.29, 0.717) is 0 Å². The smallest absolute Gasteiger partial charge is 0.0295 e. The van der Waals surface area contributed by atoms with Gasteiger partial charge in [0.15, 0.2) is 0 Å². The van der Waals surface area contributed by atoms with E-state index >= 15 is 0 Å². The van der Waals surface area contributed by atoms with Crippen molar-refractivity contribution in [2.24, 2.45) is 5.73 Å². The molecule has 1 aromatic carbocycles. The SMILES string of the molecule is [CH2][C@H](N)c1ccccc1. The quantitative estimate of drug-likeness (QED) is 0.597. The molecule has 47 valence electrons. The van der Waals surface area contributed by atoms with Gasteiger partial charge < -0.3 is 5.73 Å². The first-order valence-electron chi connectivity index (χ1n) is 2.94. The third-order valence-corrected chi connectivity index (χ3v) is 1.23. The lowest BCUT2D eigenvalue weighted by molar-refractivity contribution is 0.908. The molecule has 0 amide bonds. The Balaban J connectivity index is 2.85. The molecule has 1 aromatic rings. The van der Waals surface area contributed by atoms with Crippen LogP contribution in [0.3, 0.4) is 0 Å². The Morgan fingerprint density at radius 2 is 1.78 bits per heavy atom. The van der Waals surface area contributed by atoms with E-state index in [0.717, 1.165) is 5.56 Å². The van der Waals surface area contributed by atoms with Crippen LogP contribution in [0.5, 0.6) is 0 Å². The Morgan fingerprint density at radius 1 is 1.22 bits per heavy atom. The molecule has 2 N–H and O–H groups in total. The maximum Gasteiger partial charge on any atom is 0.0295 e. The van der Waals surface area contributed by atoms with Gasteiger partial charge in [-0.25, -0.2) is 0 Å². The minimum atomic E-state index is -0.0915. The van der Waals surface area contributed by atoms with Crippen molar-refractivity contribution in [3.63, 3.8) is 0 Å². The monoisotopic (exact) mass is 120 g/mol. The van der Waals surface area contributed by atoms with E-state index in [4.69, 9.17) is 5.73 Å². The normalized spacial score (nSPS) is 13.1. The summed E-state index contributed by atoms with van der Waals surface area (Å²) in [4.78, 5) is 0. The van der Waals surface area contributed by atoms with E-state index in [-0.39, 0.29) is 6.04 Å². The van der Waals surface area contributed by atoms with Gasteiger partial charge in [-0.2, -0.15) is 0 Å². The second-order valence-electron chi connectivity index (χ2n) is 2.02. The van der Waals surface area contributed by atoms with Gasteiger partial charge in [-0.3, -0.25) is 0 Å². The molecule has 0 saturated carbocycles. The molecule has 0 fully saturated rings. The molecule has 0 aliphatic rings. The van der Waals surface area contributed by atoms with E-state index in [1.807, 2.05) is 30.3 Å². The van der Waals surface area contributed by atoms with Gasteiger partial charge in [0.05, 0.1) is 0 Å². The van der Waals surface area contributed by atoms with Gasteiger partial charge in [0.25, 0.3) is 0 Å². The van der Waals surface area contributed by atoms with Gasteiger partial charge in [-0.15, -0.1) is 0 Å². The zero-order valence-corrected chi connectivity index (χ0v) is 5.25. The molecule has 1 rings (SSSR count). The van der Waals surface area contributed by atoms with E-state index in [1.165, 1.54) is 0 Å². The highest BCUT2D eigenvalue weighted by molar-refractivity contribution is 5.18. The van der Waals surface area contributed by atoms with Crippen LogP contribution in [0.1, 0.15) is 11.6 Å². The summed E-state index contributed by atoms with van der Waals surface area (Å²) in [5.74, 6) is 0. The molecule has 0 saturated heterocycles. The third kappa shape index (κ3) is 1.54. The lowest BCUT2D eigenvalue weighted by atomic mass is 10.1. The van der Waals surface area contributed by atoms with Crippen molar-refractivity contribution in [3.05, 3.63) is 42.8 Å². The summed E-state index contributed by atoms with van der Waals surface area (Å²) in [5.41, 5.74) is 6.58. The van der Waals surface area contributed by atoms with Crippen LogP contribution in [0, 0.1) is 6.92 Å². The average Bonchev–Trinajstić information content (AvgIpc) is 1.90. The molecule has 0 spiro atoms. The first-order valence-corrected chi connectivity index (χ1v) is 2.94. The van der Waals surface area contributed by atoms with Crippen LogP contribution in [0.2, 0.25) is 0 Å². The summed E-state index contributed by atoms with van der Waals surface area (Å²) in [6, 6.07) is 9.73. The van der Waals surface area contributed by atoms with Crippen LogP contribution in [0.4, 0.5) is 0 Å². The molecule has 0 unspecified atom stereocenters. The molecule has 0 aliphatic heterocycles. The first kappa shape index (κ1) is 6.30. The summed E-state index contributed by atoms with van der Waals surface area (Å²) in [6.07, 6.45) is 0. The van der Waals surface area contributed by atoms with Gasteiger partial charge in [-0.05, 0) is 12.5 Å². The molecule has 0 aliphatic carbocycles. The lowest BCUT2D eigenvalue weighted by Gasteiger charge is -2.01. The standard InChI is InChI=1S/C8H10N/c1-7(9)8-5-3-2-4-6-8/h2-7H,1,9H2/t7-/m0/s1. The highest BCUT2D eigenvalue weighted by Gasteiger charge is 1.93. The minimum Gasteiger partial charge on any atom is -0.324 e. The largest absolute Gasteiger partial charge is 0.324 e. The summed E-state index contributed by atoms with van der Waals surface area (Å²) in [7, 11) is 0. The molecule has 1 atom stereocenters. The Bertz CT molecular complexity index is 167. The Hall–Kier alpha value is -0.820. The van der Waals surface area contributed by atoms with Crippen LogP contribution < -0.4 is 5.73 Å². The maximum atomic E-state index is 5.50. The van der Waals surface area contributed by atoms with Gasteiger partial charge in [0.1, 0.15) is 0 Å². The average molecular weight is 120 g/mol. The lowest BCUT2D eigenvalue weighted by Crippen LogP contribution is -2.04. The maximum absolute atomic E-state index is 5.50. The van der Waals surface area contributed by atoms with Crippen molar-refractivity contribution in [3.8, 4) is 0 Å². The second kappa shape index (κ2) is 2.65. The highest BCUT2D eigenvalue weighted by atomic mass is 14.6. The molecule has 1 heteroatoms. The fraction of sp³-hybridized carbons (Fsp3) is 0.125. The Labute approximate surface area is 55.5 Å². The van der Waals surface area contributed by atoms with E-state index in [9.17, 15) is 0 Å². The zero-order valence-electron chi connectivity index (χ0n) is 5.25. The van der Waals surface area contributed by atoms with E-state index in [2.05, 4.69) is 6.92 Å².